The summed E-state index contributed by atoms with van der Waals surface area (Å²) >= 11 is 6.17. The Balaban J connectivity index is 1.66. The zero-order chi connectivity index (χ0) is 13.1. The van der Waals surface area contributed by atoms with E-state index in [-0.39, 0.29) is 0 Å². The summed E-state index contributed by atoms with van der Waals surface area (Å²) in [5, 5.41) is 7.67. The number of nitrogens with one attached hydrogen (secondary N) is 1. The molecule has 1 aromatic carbocycles. The zero-order valence-corrected chi connectivity index (χ0v) is 10.9. The quantitative estimate of drug-likeness (QED) is 0.932. The molecule has 0 radical (unpaired) electrons. The van der Waals surface area contributed by atoms with Gasteiger partial charge in [0.1, 0.15) is 19.5 Å². The number of rotatable bonds is 4. The van der Waals surface area contributed by atoms with Gasteiger partial charge in [-0.15, -0.1) is 0 Å². The maximum absolute atomic E-state index is 6.17. The first-order valence-corrected chi connectivity index (χ1v) is 6.39. The molecule has 1 aromatic heterocycles. The minimum Gasteiger partial charge on any atom is -0.486 e. The van der Waals surface area contributed by atoms with Gasteiger partial charge in [0.25, 0.3) is 0 Å². The minimum atomic E-state index is 0.538. The molecule has 0 bridgehead atoms. The van der Waals surface area contributed by atoms with Gasteiger partial charge >= 0.3 is 0 Å². The molecule has 2 aromatic rings. The number of ether oxygens (including phenoxy) is 2. The summed E-state index contributed by atoms with van der Waals surface area (Å²) in [5.74, 6) is 1.34. The summed E-state index contributed by atoms with van der Waals surface area (Å²) in [6.45, 7) is 2.40. The number of hydrogen-bond donors (Lipinski definition) is 1. The van der Waals surface area contributed by atoms with Crippen molar-refractivity contribution in [3.8, 4) is 11.5 Å². The second-order valence-electron chi connectivity index (χ2n) is 4.20. The molecule has 0 atom stereocenters. The van der Waals surface area contributed by atoms with Crippen molar-refractivity contribution in [2.24, 2.45) is 0 Å². The molecule has 0 saturated carbocycles. The van der Waals surface area contributed by atoms with Crippen molar-refractivity contribution < 1.29 is 14.0 Å². The monoisotopic (exact) mass is 280 g/mol. The summed E-state index contributed by atoms with van der Waals surface area (Å²) < 4.78 is 15.8. The molecular formula is C13H13ClN2O3. The van der Waals surface area contributed by atoms with Gasteiger partial charge in [0.05, 0.1) is 10.7 Å². The molecule has 0 fully saturated rings. The highest BCUT2D eigenvalue weighted by Crippen LogP contribution is 2.38. The number of fused-ring (bicyclic) bond motifs is 1. The highest BCUT2D eigenvalue weighted by atomic mass is 35.5. The lowest BCUT2D eigenvalue weighted by Crippen LogP contribution is -2.17. The second-order valence-corrected chi connectivity index (χ2v) is 4.60. The third-order valence-corrected chi connectivity index (χ3v) is 3.06. The van der Waals surface area contributed by atoms with Crippen LogP contribution in [0.2, 0.25) is 5.02 Å². The Hall–Kier alpha value is -1.72. The lowest BCUT2D eigenvalue weighted by atomic mass is 10.2. The van der Waals surface area contributed by atoms with Crippen LogP contribution in [0.15, 0.2) is 29.0 Å². The van der Waals surface area contributed by atoms with Crippen LogP contribution in [0.3, 0.4) is 0 Å². The maximum Gasteiger partial charge on any atom is 0.179 e. The van der Waals surface area contributed by atoms with Crippen LogP contribution >= 0.6 is 11.6 Å². The van der Waals surface area contributed by atoms with Crippen molar-refractivity contribution in [3.05, 3.63) is 40.7 Å². The highest BCUT2D eigenvalue weighted by molar-refractivity contribution is 6.32. The Morgan fingerprint density at radius 2 is 2.11 bits per heavy atom. The van der Waals surface area contributed by atoms with E-state index in [9.17, 15) is 0 Å². The molecule has 19 heavy (non-hydrogen) atoms. The molecule has 1 N–H and O–H groups in total. The lowest BCUT2D eigenvalue weighted by Gasteiger charge is -2.20. The van der Waals surface area contributed by atoms with Crippen molar-refractivity contribution in [1.82, 2.24) is 10.5 Å². The molecule has 0 saturated heterocycles. The van der Waals surface area contributed by atoms with Gasteiger partial charge in [0.2, 0.25) is 0 Å². The average molecular weight is 281 g/mol. The van der Waals surface area contributed by atoms with E-state index in [0.717, 1.165) is 11.3 Å². The van der Waals surface area contributed by atoms with Crippen molar-refractivity contribution in [3.63, 3.8) is 0 Å². The van der Waals surface area contributed by atoms with E-state index < -0.39 is 0 Å². The summed E-state index contributed by atoms with van der Waals surface area (Å²) in [6.07, 6.45) is 1.55. The molecule has 100 valence electrons. The molecule has 0 unspecified atom stereocenters. The molecule has 0 aliphatic carbocycles. The SMILES string of the molecule is Clc1cc(CNCc2ccon2)cc2c1OCCO2. The fourth-order valence-electron chi connectivity index (χ4n) is 1.93. The number of hydrogen-bond acceptors (Lipinski definition) is 5. The zero-order valence-electron chi connectivity index (χ0n) is 10.2. The topological polar surface area (TPSA) is 56.5 Å². The van der Waals surface area contributed by atoms with Crippen molar-refractivity contribution in [2.75, 3.05) is 13.2 Å². The van der Waals surface area contributed by atoms with Crippen LogP contribution in [0.1, 0.15) is 11.3 Å². The smallest absolute Gasteiger partial charge is 0.179 e. The van der Waals surface area contributed by atoms with Gasteiger partial charge in [-0.05, 0) is 17.7 Å². The summed E-state index contributed by atoms with van der Waals surface area (Å²) in [5.41, 5.74) is 1.90. The molecule has 5 nitrogen and oxygen atoms in total. The summed E-state index contributed by atoms with van der Waals surface area (Å²) in [6, 6.07) is 5.64. The standard InChI is InChI=1S/C13H13ClN2O3/c14-11-5-9(6-12-13(11)18-4-3-17-12)7-15-8-10-1-2-19-16-10/h1-2,5-6,15H,3-4,7-8H2. The Morgan fingerprint density at radius 1 is 1.21 bits per heavy atom. The van der Waals surface area contributed by atoms with Gasteiger partial charge < -0.3 is 19.3 Å². The highest BCUT2D eigenvalue weighted by Gasteiger charge is 2.16. The van der Waals surface area contributed by atoms with E-state index in [0.29, 0.717) is 42.8 Å². The first-order chi connectivity index (χ1) is 9.33. The number of halogens is 1. The van der Waals surface area contributed by atoms with Crippen molar-refractivity contribution in [2.45, 2.75) is 13.1 Å². The van der Waals surface area contributed by atoms with E-state index in [1.165, 1.54) is 0 Å². The van der Waals surface area contributed by atoms with Crippen LogP contribution in [0.5, 0.6) is 11.5 Å². The Labute approximate surface area is 115 Å². The molecule has 0 spiro atoms. The largest absolute Gasteiger partial charge is 0.486 e. The summed E-state index contributed by atoms with van der Waals surface area (Å²) in [4.78, 5) is 0. The van der Waals surface area contributed by atoms with Gasteiger partial charge in [-0.2, -0.15) is 0 Å². The van der Waals surface area contributed by atoms with Gasteiger partial charge in [-0.1, -0.05) is 16.8 Å². The van der Waals surface area contributed by atoms with E-state index >= 15 is 0 Å². The molecule has 6 heteroatoms. The van der Waals surface area contributed by atoms with Crippen LogP contribution in [-0.4, -0.2) is 18.4 Å². The molecule has 3 rings (SSSR count). The predicted molar refractivity (Wildman–Crippen MR) is 69.5 cm³/mol. The van der Waals surface area contributed by atoms with Crippen LogP contribution < -0.4 is 14.8 Å². The van der Waals surface area contributed by atoms with E-state index in [4.69, 9.17) is 25.6 Å². The molecule has 1 aliphatic heterocycles. The third kappa shape index (κ3) is 2.83. The Morgan fingerprint density at radius 3 is 2.95 bits per heavy atom. The van der Waals surface area contributed by atoms with E-state index in [2.05, 4.69) is 10.5 Å². The Kier molecular flexibility index (Phi) is 3.57. The second kappa shape index (κ2) is 5.50. The van der Waals surface area contributed by atoms with E-state index in [1.54, 1.807) is 6.26 Å². The van der Waals surface area contributed by atoms with Gasteiger partial charge in [0.15, 0.2) is 11.5 Å². The van der Waals surface area contributed by atoms with Gasteiger partial charge in [-0.3, -0.25) is 0 Å². The minimum absolute atomic E-state index is 0.538. The fraction of sp³-hybridized carbons (Fsp3) is 0.308. The predicted octanol–water partition coefficient (Wildman–Crippen LogP) is 2.39. The molecular weight excluding hydrogens is 268 g/mol. The average Bonchev–Trinajstić information content (AvgIpc) is 2.92. The normalized spacial score (nSPS) is 13.5. The molecule has 0 amide bonds. The first-order valence-electron chi connectivity index (χ1n) is 6.01. The Bertz CT molecular complexity index is 557. The van der Waals surface area contributed by atoms with Crippen LogP contribution in [-0.2, 0) is 13.1 Å². The fourth-order valence-corrected chi connectivity index (χ4v) is 2.22. The van der Waals surface area contributed by atoms with Crippen molar-refractivity contribution >= 4 is 11.6 Å². The summed E-state index contributed by atoms with van der Waals surface area (Å²) in [7, 11) is 0. The number of aromatic nitrogens is 1. The molecule has 2 heterocycles. The number of nitrogens with zero attached hydrogens (tertiary/aromatic N) is 1. The van der Waals surface area contributed by atoms with Crippen LogP contribution in [0, 0.1) is 0 Å². The lowest BCUT2D eigenvalue weighted by molar-refractivity contribution is 0.171. The van der Waals surface area contributed by atoms with Crippen LogP contribution in [0.4, 0.5) is 0 Å². The van der Waals surface area contributed by atoms with Crippen molar-refractivity contribution in [1.29, 1.82) is 0 Å². The number of benzene rings is 1. The molecule has 1 aliphatic rings. The first kappa shape index (κ1) is 12.3. The van der Waals surface area contributed by atoms with E-state index in [1.807, 2.05) is 18.2 Å². The third-order valence-electron chi connectivity index (χ3n) is 2.78. The van der Waals surface area contributed by atoms with Gasteiger partial charge in [-0.25, -0.2) is 0 Å². The van der Waals surface area contributed by atoms with Crippen LogP contribution in [0.25, 0.3) is 0 Å². The maximum atomic E-state index is 6.17. The van der Waals surface area contributed by atoms with Gasteiger partial charge in [0, 0.05) is 19.2 Å².